The molecule has 0 amide bonds. The SMILES string of the molecule is CCC(C)C1CNCCN1CC1CC1. The molecule has 0 bridgehead atoms. The fourth-order valence-corrected chi connectivity index (χ4v) is 2.46. The van der Waals surface area contributed by atoms with Gasteiger partial charge in [-0.3, -0.25) is 4.90 Å². The molecule has 1 saturated heterocycles. The van der Waals surface area contributed by atoms with Crippen molar-refractivity contribution in [1.29, 1.82) is 0 Å². The Morgan fingerprint density at radius 1 is 1.43 bits per heavy atom. The van der Waals surface area contributed by atoms with Gasteiger partial charge < -0.3 is 5.32 Å². The van der Waals surface area contributed by atoms with Crippen LogP contribution in [0, 0.1) is 11.8 Å². The van der Waals surface area contributed by atoms with E-state index in [1.807, 2.05) is 0 Å². The lowest BCUT2D eigenvalue weighted by molar-refractivity contribution is 0.111. The first-order valence-corrected chi connectivity index (χ1v) is 6.26. The maximum Gasteiger partial charge on any atom is 0.0246 e. The monoisotopic (exact) mass is 196 g/mol. The van der Waals surface area contributed by atoms with Crippen molar-refractivity contribution in [3.8, 4) is 0 Å². The third-order valence-corrected chi connectivity index (χ3v) is 3.89. The van der Waals surface area contributed by atoms with Crippen molar-refractivity contribution in [2.24, 2.45) is 11.8 Å². The summed E-state index contributed by atoms with van der Waals surface area (Å²) < 4.78 is 0. The molecule has 2 nitrogen and oxygen atoms in total. The number of nitrogens with zero attached hydrogens (tertiary/aromatic N) is 1. The molecule has 0 spiro atoms. The lowest BCUT2D eigenvalue weighted by Gasteiger charge is -2.39. The van der Waals surface area contributed by atoms with Gasteiger partial charge in [0, 0.05) is 32.2 Å². The standard InChI is InChI=1S/C12H24N2/c1-3-10(2)12-8-13-6-7-14(12)9-11-4-5-11/h10-13H,3-9H2,1-2H3. The summed E-state index contributed by atoms with van der Waals surface area (Å²) in [4.78, 5) is 2.74. The van der Waals surface area contributed by atoms with Crippen molar-refractivity contribution in [2.45, 2.75) is 39.2 Å². The molecule has 1 saturated carbocycles. The van der Waals surface area contributed by atoms with Crippen LogP contribution >= 0.6 is 0 Å². The number of piperazine rings is 1. The Bertz CT molecular complexity index is 177. The van der Waals surface area contributed by atoms with Gasteiger partial charge in [0.05, 0.1) is 0 Å². The van der Waals surface area contributed by atoms with Crippen LogP contribution < -0.4 is 5.32 Å². The molecule has 0 aromatic carbocycles. The van der Waals surface area contributed by atoms with Crippen LogP contribution in [0.5, 0.6) is 0 Å². The predicted octanol–water partition coefficient (Wildman–Crippen LogP) is 1.72. The van der Waals surface area contributed by atoms with Crippen LogP contribution in [0.25, 0.3) is 0 Å². The summed E-state index contributed by atoms with van der Waals surface area (Å²) >= 11 is 0. The molecule has 1 aliphatic carbocycles. The van der Waals surface area contributed by atoms with Gasteiger partial charge >= 0.3 is 0 Å². The Morgan fingerprint density at radius 2 is 2.21 bits per heavy atom. The molecule has 0 radical (unpaired) electrons. The molecule has 2 heteroatoms. The molecule has 1 heterocycles. The van der Waals surface area contributed by atoms with Crippen molar-refractivity contribution >= 4 is 0 Å². The second kappa shape index (κ2) is 4.63. The molecule has 1 aliphatic heterocycles. The molecule has 14 heavy (non-hydrogen) atoms. The van der Waals surface area contributed by atoms with E-state index in [-0.39, 0.29) is 0 Å². The van der Waals surface area contributed by atoms with Gasteiger partial charge in [0.1, 0.15) is 0 Å². The zero-order valence-electron chi connectivity index (χ0n) is 9.63. The van der Waals surface area contributed by atoms with Gasteiger partial charge in [0.25, 0.3) is 0 Å². The molecule has 2 fully saturated rings. The Kier molecular flexibility index (Phi) is 3.45. The lowest BCUT2D eigenvalue weighted by atomic mass is 9.96. The molecule has 0 aromatic rings. The minimum atomic E-state index is 0.800. The number of nitrogens with one attached hydrogen (secondary N) is 1. The molecule has 2 atom stereocenters. The predicted molar refractivity (Wildman–Crippen MR) is 60.4 cm³/mol. The summed E-state index contributed by atoms with van der Waals surface area (Å²) in [6.07, 6.45) is 4.28. The van der Waals surface area contributed by atoms with E-state index < -0.39 is 0 Å². The molecule has 2 unspecified atom stereocenters. The number of rotatable bonds is 4. The van der Waals surface area contributed by atoms with Crippen LogP contribution in [0.2, 0.25) is 0 Å². The molecular formula is C12H24N2. The van der Waals surface area contributed by atoms with Crippen LogP contribution in [0.4, 0.5) is 0 Å². The Balaban J connectivity index is 1.87. The average Bonchev–Trinajstić information content (AvgIpc) is 3.01. The molecular weight excluding hydrogens is 172 g/mol. The van der Waals surface area contributed by atoms with Crippen LogP contribution in [-0.4, -0.2) is 37.1 Å². The third kappa shape index (κ3) is 2.48. The first-order chi connectivity index (χ1) is 6.81. The van der Waals surface area contributed by atoms with Crippen LogP contribution in [0.15, 0.2) is 0 Å². The van der Waals surface area contributed by atoms with Gasteiger partial charge in [-0.2, -0.15) is 0 Å². The highest BCUT2D eigenvalue weighted by molar-refractivity contribution is 4.87. The maximum absolute atomic E-state index is 3.53. The third-order valence-electron chi connectivity index (χ3n) is 3.89. The lowest BCUT2D eigenvalue weighted by Crippen LogP contribution is -2.54. The van der Waals surface area contributed by atoms with Gasteiger partial charge in [-0.15, -0.1) is 0 Å². The first-order valence-electron chi connectivity index (χ1n) is 6.26. The highest BCUT2D eigenvalue weighted by Crippen LogP contribution is 2.31. The number of hydrogen-bond acceptors (Lipinski definition) is 2. The highest BCUT2D eigenvalue weighted by Gasteiger charge is 2.31. The van der Waals surface area contributed by atoms with Crippen molar-refractivity contribution in [3.05, 3.63) is 0 Å². The second-order valence-corrected chi connectivity index (χ2v) is 5.10. The fraction of sp³-hybridized carbons (Fsp3) is 1.00. The summed E-state index contributed by atoms with van der Waals surface area (Å²) in [6, 6.07) is 0.800. The second-order valence-electron chi connectivity index (χ2n) is 5.10. The van der Waals surface area contributed by atoms with E-state index in [0.717, 1.165) is 17.9 Å². The summed E-state index contributed by atoms with van der Waals surface area (Å²) in [7, 11) is 0. The fourth-order valence-electron chi connectivity index (χ4n) is 2.46. The van der Waals surface area contributed by atoms with E-state index in [0.29, 0.717) is 0 Å². The van der Waals surface area contributed by atoms with E-state index in [9.17, 15) is 0 Å². The normalized spacial score (nSPS) is 31.7. The van der Waals surface area contributed by atoms with Crippen LogP contribution in [0.3, 0.4) is 0 Å². The average molecular weight is 196 g/mol. The Labute approximate surface area is 88.1 Å². The smallest absolute Gasteiger partial charge is 0.0246 e. The summed E-state index contributed by atoms with van der Waals surface area (Å²) in [6.45, 7) is 9.76. The quantitative estimate of drug-likeness (QED) is 0.736. The highest BCUT2D eigenvalue weighted by atomic mass is 15.2. The van der Waals surface area contributed by atoms with Gasteiger partial charge in [0.2, 0.25) is 0 Å². The van der Waals surface area contributed by atoms with Crippen molar-refractivity contribution < 1.29 is 0 Å². The zero-order valence-corrected chi connectivity index (χ0v) is 9.63. The van der Waals surface area contributed by atoms with E-state index in [4.69, 9.17) is 0 Å². The van der Waals surface area contributed by atoms with Crippen LogP contribution in [0.1, 0.15) is 33.1 Å². The summed E-state index contributed by atoms with van der Waals surface area (Å²) in [5, 5.41) is 3.53. The Hall–Kier alpha value is -0.0800. The molecule has 0 aromatic heterocycles. The van der Waals surface area contributed by atoms with Crippen molar-refractivity contribution in [3.63, 3.8) is 0 Å². The zero-order chi connectivity index (χ0) is 9.97. The van der Waals surface area contributed by atoms with E-state index in [1.54, 1.807) is 0 Å². The van der Waals surface area contributed by atoms with Crippen molar-refractivity contribution in [1.82, 2.24) is 10.2 Å². The van der Waals surface area contributed by atoms with E-state index in [1.165, 1.54) is 45.4 Å². The van der Waals surface area contributed by atoms with Gasteiger partial charge in [-0.1, -0.05) is 20.3 Å². The van der Waals surface area contributed by atoms with E-state index >= 15 is 0 Å². The van der Waals surface area contributed by atoms with Crippen molar-refractivity contribution in [2.75, 3.05) is 26.2 Å². The first kappa shape index (κ1) is 10.4. The largest absolute Gasteiger partial charge is 0.314 e. The maximum atomic E-state index is 3.53. The minimum Gasteiger partial charge on any atom is -0.314 e. The summed E-state index contributed by atoms with van der Waals surface area (Å²) in [5.74, 6) is 1.89. The molecule has 1 N–H and O–H groups in total. The number of hydrogen-bond donors (Lipinski definition) is 1. The summed E-state index contributed by atoms with van der Waals surface area (Å²) in [5.41, 5.74) is 0. The molecule has 82 valence electrons. The Morgan fingerprint density at radius 3 is 2.86 bits per heavy atom. The van der Waals surface area contributed by atoms with Gasteiger partial charge in [-0.05, 0) is 24.7 Å². The van der Waals surface area contributed by atoms with Gasteiger partial charge in [-0.25, -0.2) is 0 Å². The molecule has 2 rings (SSSR count). The minimum absolute atomic E-state index is 0.800. The van der Waals surface area contributed by atoms with E-state index in [2.05, 4.69) is 24.1 Å². The molecule has 2 aliphatic rings. The van der Waals surface area contributed by atoms with Gasteiger partial charge in [0.15, 0.2) is 0 Å². The topological polar surface area (TPSA) is 15.3 Å². The van der Waals surface area contributed by atoms with Crippen LogP contribution in [-0.2, 0) is 0 Å².